The van der Waals surface area contributed by atoms with Crippen LogP contribution in [0.4, 0.5) is 0 Å². The number of aromatic carboxylic acids is 1. The lowest BCUT2D eigenvalue weighted by molar-refractivity contribution is 0.0690. The summed E-state index contributed by atoms with van der Waals surface area (Å²) in [6, 6.07) is 3.42. The van der Waals surface area contributed by atoms with Crippen LogP contribution in [0.1, 0.15) is 28.9 Å². The average Bonchev–Trinajstić information content (AvgIpc) is 2.65. The third-order valence-corrected chi connectivity index (χ3v) is 2.46. The first-order chi connectivity index (χ1) is 7.18. The monoisotopic (exact) mass is 205 g/mol. The number of aliphatic hydroxyl groups is 1. The van der Waals surface area contributed by atoms with Crippen LogP contribution in [0.15, 0.2) is 24.4 Å². The van der Waals surface area contributed by atoms with E-state index in [9.17, 15) is 9.90 Å². The maximum Gasteiger partial charge on any atom is 0.355 e. The van der Waals surface area contributed by atoms with Crippen molar-refractivity contribution in [2.24, 2.45) is 0 Å². The summed E-state index contributed by atoms with van der Waals surface area (Å²) in [5, 5.41) is 18.3. The Bertz CT molecular complexity index is 426. The molecule has 4 nitrogen and oxygen atoms in total. The van der Waals surface area contributed by atoms with E-state index in [1.54, 1.807) is 18.2 Å². The Kier molecular flexibility index (Phi) is 2.51. The molecule has 0 fully saturated rings. The van der Waals surface area contributed by atoms with E-state index in [1.807, 2.05) is 0 Å². The number of hydrogen-bond acceptors (Lipinski definition) is 3. The predicted molar refractivity (Wildman–Crippen MR) is 54.4 cm³/mol. The van der Waals surface area contributed by atoms with Gasteiger partial charge in [0.05, 0.1) is 6.10 Å². The Morgan fingerprint density at radius 2 is 2.33 bits per heavy atom. The summed E-state index contributed by atoms with van der Waals surface area (Å²) >= 11 is 0. The van der Waals surface area contributed by atoms with E-state index in [0.29, 0.717) is 18.4 Å². The molecule has 15 heavy (non-hydrogen) atoms. The van der Waals surface area contributed by atoms with Gasteiger partial charge in [0.1, 0.15) is 0 Å². The van der Waals surface area contributed by atoms with Gasteiger partial charge in [0.15, 0.2) is 5.69 Å². The number of hydrogen-bond donors (Lipinski definition) is 2. The molecule has 0 saturated heterocycles. The number of nitrogens with zero attached hydrogens (tertiary/aromatic N) is 1. The van der Waals surface area contributed by atoms with Crippen LogP contribution >= 0.6 is 0 Å². The van der Waals surface area contributed by atoms with Crippen LogP contribution in [0.3, 0.4) is 0 Å². The highest BCUT2D eigenvalue weighted by molar-refractivity contribution is 5.92. The third-order valence-electron chi connectivity index (χ3n) is 2.46. The maximum atomic E-state index is 10.9. The summed E-state index contributed by atoms with van der Waals surface area (Å²) in [4.78, 5) is 14.7. The third kappa shape index (κ3) is 1.89. The molecule has 1 heterocycles. The molecule has 1 atom stereocenters. The maximum absolute atomic E-state index is 10.9. The molecule has 0 aromatic carbocycles. The number of pyridine rings is 1. The second kappa shape index (κ2) is 3.82. The zero-order chi connectivity index (χ0) is 10.8. The van der Waals surface area contributed by atoms with Crippen molar-refractivity contribution in [2.45, 2.75) is 18.9 Å². The zero-order valence-corrected chi connectivity index (χ0v) is 8.05. The van der Waals surface area contributed by atoms with Crippen LogP contribution in [-0.4, -0.2) is 27.3 Å². The van der Waals surface area contributed by atoms with E-state index in [0.717, 1.165) is 5.57 Å². The number of carbonyl (C=O) groups is 1. The molecule has 4 heteroatoms. The Hall–Kier alpha value is -1.68. The van der Waals surface area contributed by atoms with Gasteiger partial charge in [0.25, 0.3) is 0 Å². The van der Waals surface area contributed by atoms with Crippen molar-refractivity contribution < 1.29 is 15.0 Å². The summed E-state index contributed by atoms with van der Waals surface area (Å²) < 4.78 is 0. The van der Waals surface area contributed by atoms with Crippen LogP contribution in [0, 0.1) is 0 Å². The average molecular weight is 205 g/mol. The van der Waals surface area contributed by atoms with E-state index in [4.69, 9.17) is 5.11 Å². The molecule has 0 bridgehead atoms. The summed E-state index contributed by atoms with van der Waals surface area (Å²) in [7, 11) is 0. The first kappa shape index (κ1) is 9.86. The largest absolute Gasteiger partial charge is 0.476 e. The van der Waals surface area contributed by atoms with Crippen molar-refractivity contribution in [2.75, 3.05) is 0 Å². The molecule has 1 aromatic rings. The predicted octanol–water partition coefficient (Wildman–Crippen LogP) is 1.32. The van der Waals surface area contributed by atoms with Gasteiger partial charge >= 0.3 is 5.97 Å². The van der Waals surface area contributed by atoms with Gasteiger partial charge in [-0.25, -0.2) is 9.78 Å². The molecule has 0 radical (unpaired) electrons. The fourth-order valence-electron chi connectivity index (χ4n) is 1.76. The van der Waals surface area contributed by atoms with Crippen molar-refractivity contribution in [3.63, 3.8) is 0 Å². The van der Waals surface area contributed by atoms with Gasteiger partial charge in [0.2, 0.25) is 0 Å². The number of carboxylic acid groups (broad SMARTS) is 1. The number of carboxylic acids is 1. The minimum atomic E-state index is -1.03. The van der Waals surface area contributed by atoms with Crippen molar-refractivity contribution in [3.8, 4) is 0 Å². The van der Waals surface area contributed by atoms with Crippen molar-refractivity contribution in [3.05, 3.63) is 35.7 Å². The van der Waals surface area contributed by atoms with Gasteiger partial charge in [-0.15, -0.1) is 0 Å². The van der Waals surface area contributed by atoms with Crippen molar-refractivity contribution in [1.29, 1.82) is 0 Å². The molecule has 2 rings (SSSR count). The lowest BCUT2D eigenvalue weighted by atomic mass is 10.0. The summed E-state index contributed by atoms with van der Waals surface area (Å²) in [6.07, 6.45) is 4.06. The molecule has 0 spiro atoms. The second-order valence-corrected chi connectivity index (χ2v) is 3.50. The van der Waals surface area contributed by atoms with Crippen LogP contribution in [-0.2, 0) is 0 Å². The second-order valence-electron chi connectivity index (χ2n) is 3.50. The molecule has 1 unspecified atom stereocenters. The molecule has 1 aliphatic rings. The van der Waals surface area contributed by atoms with Gasteiger partial charge in [0, 0.05) is 11.8 Å². The SMILES string of the molecule is O=C(O)c1ncccc1C1=CC(O)CC1. The van der Waals surface area contributed by atoms with E-state index >= 15 is 0 Å². The Balaban J connectivity index is 2.44. The fraction of sp³-hybridized carbons (Fsp3) is 0.273. The van der Waals surface area contributed by atoms with E-state index in [1.165, 1.54) is 6.20 Å². The number of allylic oxidation sites excluding steroid dienone is 1. The molecule has 78 valence electrons. The first-order valence-corrected chi connectivity index (χ1v) is 4.76. The Labute approximate surface area is 86.9 Å². The molecule has 1 aromatic heterocycles. The van der Waals surface area contributed by atoms with Gasteiger partial charge < -0.3 is 10.2 Å². The van der Waals surface area contributed by atoms with Crippen molar-refractivity contribution in [1.82, 2.24) is 4.98 Å². The van der Waals surface area contributed by atoms with Crippen LogP contribution in [0.25, 0.3) is 5.57 Å². The summed E-state index contributed by atoms with van der Waals surface area (Å²) in [5.74, 6) is -1.03. The smallest absolute Gasteiger partial charge is 0.355 e. The van der Waals surface area contributed by atoms with Crippen LogP contribution in [0.2, 0.25) is 0 Å². The molecule has 1 aliphatic carbocycles. The summed E-state index contributed by atoms with van der Waals surface area (Å²) in [6.45, 7) is 0. The van der Waals surface area contributed by atoms with Crippen molar-refractivity contribution >= 4 is 11.5 Å². The highest BCUT2D eigenvalue weighted by atomic mass is 16.4. The first-order valence-electron chi connectivity index (χ1n) is 4.76. The van der Waals surface area contributed by atoms with Gasteiger partial charge in [-0.05, 0) is 24.5 Å². The van der Waals surface area contributed by atoms with Gasteiger partial charge in [-0.1, -0.05) is 12.1 Å². The minimum Gasteiger partial charge on any atom is -0.476 e. The quantitative estimate of drug-likeness (QED) is 0.763. The lowest BCUT2D eigenvalue weighted by Crippen LogP contribution is -2.04. The lowest BCUT2D eigenvalue weighted by Gasteiger charge is -2.04. The van der Waals surface area contributed by atoms with E-state index in [2.05, 4.69) is 4.98 Å². The Morgan fingerprint density at radius 3 is 2.93 bits per heavy atom. The Morgan fingerprint density at radius 1 is 1.53 bits per heavy atom. The molecule has 0 saturated carbocycles. The van der Waals surface area contributed by atoms with Gasteiger partial charge in [-0.3, -0.25) is 0 Å². The molecule has 2 N–H and O–H groups in total. The highest BCUT2D eigenvalue weighted by Gasteiger charge is 2.19. The standard InChI is InChI=1S/C11H11NO3/c13-8-4-3-7(6-8)9-2-1-5-12-10(9)11(14)15/h1-2,5-6,8,13H,3-4H2,(H,14,15). The van der Waals surface area contributed by atoms with Crippen LogP contribution in [0.5, 0.6) is 0 Å². The topological polar surface area (TPSA) is 70.4 Å². The highest BCUT2D eigenvalue weighted by Crippen LogP contribution is 2.29. The molecule has 0 amide bonds. The van der Waals surface area contributed by atoms with Crippen LogP contribution < -0.4 is 0 Å². The minimum absolute atomic E-state index is 0.0536. The number of aliphatic hydroxyl groups excluding tert-OH is 1. The molecule has 0 aliphatic heterocycles. The zero-order valence-electron chi connectivity index (χ0n) is 8.05. The molecular weight excluding hydrogens is 194 g/mol. The van der Waals surface area contributed by atoms with E-state index < -0.39 is 12.1 Å². The summed E-state index contributed by atoms with van der Waals surface area (Å²) in [5.41, 5.74) is 1.53. The fourth-order valence-corrected chi connectivity index (χ4v) is 1.76. The number of aromatic nitrogens is 1. The molecular formula is C11H11NO3. The normalized spacial score (nSPS) is 20.1. The van der Waals surface area contributed by atoms with Gasteiger partial charge in [-0.2, -0.15) is 0 Å². The number of rotatable bonds is 2. The van der Waals surface area contributed by atoms with E-state index in [-0.39, 0.29) is 5.69 Å².